The molecule has 0 aliphatic carbocycles. The van der Waals surface area contributed by atoms with Gasteiger partial charge in [-0.3, -0.25) is 4.79 Å². The molecule has 3 aromatic rings. The number of benzene rings is 2. The molecule has 1 aliphatic rings. The molecular formula is C25H27ClN2O4. The second kappa shape index (κ2) is 7.94. The maximum absolute atomic E-state index is 13.0. The zero-order valence-corrected chi connectivity index (χ0v) is 19.9. The van der Waals surface area contributed by atoms with Crippen LogP contribution in [0.4, 0.5) is 5.69 Å². The number of nitrogens with one attached hydrogen (secondary N) is 1. The summed E-state index contributed by atoms with van der Waals surface area (Å²) in [6, 6.07) is 9.57. The Morgan fingerprint density at radius 3 is 2.44 bits per heavy atom. The topological polar surface area (TPSA) is 69.6 Å². The van der Waals surface area contributed by atoms with E-state index in [-0.39, 0.29) is 12.5 Å². The third kappa shape index (κ3) is 3.78. The largest absolute Gasteiger partial charge is 0.467 e. The molecule has 0 saturated carbocycles. The molecule has 2 heterocycles. The summed E-state index contributed by atoms with van der Waals surface area (Å²) in [5.41, 5.74) is 5.21. The molecule has 0 spiro atoms. The Bertz CT molecular complexity index is 1240. The smallest absolute Gasteiger partial charge is 0.339 e. The number of amides is 1. The van der Waals surface area contributed by atoms with Crippen LogP contribution in [0, 0.1) is 13.8 Å². The fourth-order valence-electron chi connectivity index (χ4n) is 4.40. The third-order valence-electron chi connectivity index (χ3n) is 5.71. The van der Waals surface area contributed by atoms with Gasteiger partial charge in [0.05, 0.1) is 23.9 Å². The van der Waals surface area contributed by atoms with Crippen molar-refractivity contribution in [1.29, 1.82) is 0 Å². The Balaban J connectivity index is 2.14. The number of carbonyl (C=O) groups is 2. The first-order chi connectivity index (χ1) is 15.0. The van der Waals surface area contributed by atoms with E-state index in [1.165, 1.54) is 7.11 Å². The van der Waals surface area contributed by atoms with Gasteiger partial charge in [-0.05, 0) is 69.5 Å². The minimum atomic E-state index is -0.978. The van der Waals surface area contributed by atoms with E-state index < -0.39 is 17.7 Å². The van der Waals surface area contributed by atoms with Crippen LogP contribution in [0.3, 0.4) is 0 Å². The molecule has 0 unspecified atom stereocenters. The van der Waals surface area contributed by atoms with E-state index in [0.717, 1.165) is 33.3 Å². The molecule has 0 saturated heterocycles. The number of aryl methyl sites for hydroxylation is 1. The molecule has 1 amide bonds. The summed E-state index contributed by atoms with van der Waals surface area (Å²) in [5, 5.41) is 4.58. The number of carbonyl (C=O) groups excluding carboxylic acids is 2. The minimum Gasteiger partial charge on any atom is -0.467 e. The van der Waals surface area contributed by atoms with Crippen LogP contribution in [0.2, 0.25) is 5.02 Å². The van der Waals surface area contributed by atoms with Crippen LogP contribution in [0.5, 0.6) is 0 Å². The first kappa shape index (κ1) is 22.4. The minimum absolute atomic E-state index is 0.0993. The maximum atomic E-state index is 13.0. The fourth-order valence-corrected chi connectivity index (χ4v) is 4.53. The summed E-state index contributed by atoms with van der Waals surface area (Å²) in [4.78, 5) is 25.5. The number of ether oxygens (including phenoxy) is 2. The van der Waals surface area contributed by atoms with E-state index in [1.807, 2.05) is 63.5 Å². The highest BCUT2D eigenvalue weighted by Gasteiger charge is 2.36. The number of esters is 1. The summed E-state index contributed by atoms with van der Waals surface area (Å²) < 4.78 is 13.4. The zero-order valence-electron chi connectivity index (χ0n) is 19.1. The highest BCUT2D eigenvalue weighted by atomic mass is 35.5. The van der Waals surface area contributed by atoms with Crippen molar-refractivity contribution in [2.75, 3.05) is 12.4 Å². The van der Waals surface area contributed by atoms with Crippen LogP contribution < -0.4 is 5.32 Å². The quantitative estimate of drug-likeness (QED) is 0.524. The van der Waals surface area contributed by atoms with Crippen LogP contribution in [0.25, 0.3) is 22.0 Å². The molecule has 32 heavy (non-hydrogen) atoms. The Morgan fingerprint density at radius 2 is 1.84 bits per heavy atom. The van der Waals surface area contributed by atoms with Crippen molar-refractivity contribution in [2.24, 2.45) is 0 Å². The van der Waals surface area contributed by atoms with Crippen molar-refractivity contribution in [2.45, 2.75) is 52.9 Å². The van der Waals surface area contributed by atoms with Gasteiger partial charge < -0.3 is 19.4 Å². The van der Waals surface area contributed by atoms with Crippen molar-refractivity contribution < 1.29 is 19.1 Å². The van der Waals surface area contributed by atoms with E-state index in [0.29, 0.717) is 16.3 Å². The van der Waals surface area contributed by atoms with Gasteiger partial charge in [-0.15, -0.1) is 0 Å². The molecule has 7 heteroatoms. The number of hydrogen-bond acceptors (Lipinski definition) is 4. The van der Waals surface area contributed by atoms with Gasteiger partial charge in [0.2, 0.25) is 5.91 Å². The van der Waals surface area contributed by atoms with Crippen LogP contribution in [0.1, 0.15) is 43.7 Å². The van der Waals surface area contributed by atoms with Gasteiger partial charge in [0.15, 0.2) is 6.10 Å². The summed E-state index contributed by atoms with van der Waals surface area (Å²) >= 11 is 6.16. The molecular weight excluding hydrogens is 428 g/mol. The number of nitrogens with zero attached hydrogens (tertiary/aromatic N) is 1. The average molecular weight is 455 g/mol. The van der Waals surface area contributed by atoms with Crippen molar-refractivity contribution >= 4 is 40.1 Å². The van der Waals surface area contributed by atoms with Crippen LogP contribution >= 0.6 is 11.6 Å². The van der Waals surface area contributed by atoms with E-state index in [9.17, 15) is 9.59 Å². The lowest BCUT2D eigenvalue weighted by Crippen LogP contribution is -2.30. The average Bonchev–Trinajstić information content (AvgIpc) is 3.04. The first-order valence-corrected chi connectivity index (χ1v) is 10.9. The fraction of sp³-hybridized carbons (Fsp3) is 0.360. The molecule has 1 aromatic heterocycles. The lowest BCUT2D eigenvalue weighted by molar-refractivity contribution is -0.164. The van der Waals surface area contributed by atoms with E-state index in [1.54, 1.807) is 0 Å². The standard InChI is InChI=1S/C25H27ClN2O4/c1-13-11-17-20(15-7-9-16(26)10-8-15)19(23(24(30)31-6)32-25(3,4)5)14(2)21-22(17)28(13)12-18(29)27-21/h7-11,23H,12H2,1-6H3,(H,27,29)/t23-/m0/s1. The van der Waals surface area contributed by atoms with Crippen LogP contribution in [0.15, 0.2) is 30.3 Å². The lowest BCUT2D eigenvalue weighted by atomic mass is 9.87. The van der Waals surface area contributed by atoms with E-state index in [2.05, 4.69) is 11.4 Å². The molecule has 0 bridgehead atoms. The van der Waals surface area contributed by atoms with Crippen molar-refractivity contribution in [3.05, 3.63) is 52.2 Å². The SMILES string of the molecule is COC(=O)[C@@H](OC(C)(C)C)c1c(C)c2c3c(cc(C)n3CC(=O)N2)c1-c1ccc(Cl)cc1. The Kier molecular flexibility index (Phi) is 5.55. The van der Waals surface area contributed by atoms with Gasteiger partial charge in [0.25, 0.3) is 0 Å². The monoisotopic (exact) mass is 454 g/mol. The van der Waals surface area contributed by atoms with Gasteiger partial charge >= 0.3 is 5.97 Å². The number of halogens is 1. The number of methoxy groups -OCH3 is 1. The van der Waals surface area contributed by atoms with Crippen LogP contribution in [-0.4, -0.2) is 29.2 Å². The predicted molar refractivity (Wildman–Crippen MR) is 126 cm³/mol. The molecule has 168 valence electrons. The second-order valence-electron chi connectivity index (χ2n) is 9.11. The molecule has 2 aromatic carbocycles. The van der Waals surface area contributed by atoms with Crippen molar-refractivity contribution in [1.82, 2.24) is 4.57 Å². The van der Waals surface area contributed by atoms with Gasteiger partial charge in [-0.25, -0.2) is 4.79 Å². The third-order valence-corrected chi connectivity index (χ3v) is 5.96. The molecule has 1 aliphatic heterocycles. The lowest BCUT2D eigenvalue weighted by Gasteiger charge is -2.31. The van der Waals surface area contributed by atoms with E-state index >= 15 is 0 Å². The summed E-state index contributed by atoms with van der Waals surface area (Å²) in [6.45, 7) is 9.82. The summed E-state index contributed by atoms with van der Waals surface area (Å²) in [7, 11) is 1.35. The second-order valence-corrected chi connectivity index (χ2v) is 9.55. The molecule has 0 fully saturated rings. The Hall–Kier alpha value is -2.83. The van der Waals surface area contributed by atoms with Gasteiger partial charge in [0.1, 0.15) is 6.54 Å². The highest BCUT2D eigenvalue weighted by molar-refractivity contribution is 6.30. The summed E-state index contributed by atoms with van der Waals surface area (Å²) in [5.74, 6) is -0.596. The Labute approximate surface area is 192 Å². The molecule has 0 radical (unpaired) electrons. The molecule has 1 N–H and O–H groups in total. The van der Waals surface area contributed by atoms with Gasteiger partial charge in [-0.2, -0.15) is 0 Å². The predicted octanol–water partition coefficient (Wildman–Crippen LogP) is 5.56. The summed E-state index contributed by atoms with van der Waals surface area (Å²) in [6.07, 6.45) is -0.978. The first-order valence-electron chi connectivity index (χ1n) is 10.5. The van der Waals surface area contributed by atoms with E-state index in [4.69, 9.17) is 21.1 Å². The number of anilines is 1. The molecule has 1 atom stereocenters. The van der Waals surface area contributed by atoms with Crippen LogP contribution in [-0.2, 0) is 25.6 Å². The maximum Gasteiger partial charge on any atom is 0.339 e. The van der Waals surface area contributed by atoms with Gasteiger partial charge in [0, 0.05) is 21.7 Å². The highest BCUT2D eigenvalue weighted by Crippen LogP contribution is 2.46. The number of rotatable bonds is 4. The van der Waals surface area contributed by atoms with Crippen molar-refractivity contribution in [3.63, 3.8) is 0 Å². The zero-order chi connectivity index (χ0) is 23.4. The Morgan fingerprint density at radius 1 is 1.19 bits per heavy atom. The van der Waals surface area contributed by atoms with Gasteiger partial charge in [-0.1, -0.05) is 23.7 Å². The normalized spacial score (nSPS) is 14.4. The number of hydrogen-bond donors (Lipinski definition) is 1. The molecule has 6 nitrogen and oxygen atoms in total. The van der Waals surface area contributed by atoms with Crippen molar-refractivity contribution in [3.8, 4) is 11.1 Å². The number of aromatic nitrogens is 1. The molecule has 4 rings (SSSR count).